The van der Waals surface area contributed by atoms with Crippen molar-refractivity contribution in [2.45, 2.75) is 20.0 Å². The summed E-state index contributed by atoms with van der Waals surface area (Å²) in [5, 5.41) is 3.97. The Hall–Kier alpha value is -2.16. The quantitative estimate of drug-likeness (QED) is 0.605. The molecule has 1 aromatic carbocycles. The third-order valence-electron chi connectivity index (χ3n) is 2.37. The van der Waals surface area contributed by atoms with Crippen LogP contribution < -0.4 is 0 Å². The van der Waals surface area contributed by atoms with Crippen molar-refractivity contribution in [3.05, 3.63) is 54.2 Å². The summed E-state index contributed by atoms with van der Waals surface area (Å²) in [4.78, 5) is 9.54. The first-order valence-electron chi connectivity index (χ1n) is 5.97. The van der Waals surface area contributed by atoms with Crippen LogP contribution in [0.3, 0.4) is 0 Å². The van der Waals surface area contributed by atoms with Crippen LogP contribution in [0.15, 0.2) is 53.8 Å². The van der Waals surface area contributed by atoms with Crippen LogP contribution in [0, 0.1) is 0 Å². The molecule has 0 saturated heterocycles. The minimum atomic E-state index is 0.0864. The Morgan fingerprint density at radius 1 is 1.11 bits per heavy atom. The molecule has 0 aliphatic heterocycles. The molecule has 2 rings (SSSR count). The molecule has 0 radical (unpaired) electrons. The Morgan fingerprint density at radius 2 is 1.89 bits per heavy atom. The average molecular weight is 240 g/mol. The Morgan fingerprint density at radius 3 is 2.61 bits per heavy atom. The average Bonchev–Trinajstić information content (AvgIpc) is 2.40. The zero-order chi connectivity index (χ0) is 12.8. The smallest absolute Gasteiger partial charge is 0.122 e. The van der Waals surface area contributed by atoms with Crippen LogP contribution >= 0.6 is 0 Å². The Bertz CT molecular complexity index is 521. The van der Waals surface area contributed by atoms with Gasteiger partial charge in [0.05, 0.1) is 11.9 Å². The third-order valence-corrected chi connectivity index (χ3v) is 2.37. The minimum Gasteiger partial charge on any atom is -0.393 e. The van der Waals surface area contributed by atoms with E-state index in [9.17, 15) is 0 Å². The van der Waals surface area contributed by atoms with E-state index in [1.165, 1.54) is 0 Å². The molecule has 3 nitrogen and oxygen atoms in total. The van der Waals surface area contributed by atoms with Crippen molar-refractivity contribution in [3.8, 4) is 11.3 Å². The predicted octanol–water partition coefficient (Wildman–Crippen LogP) is 3.51. The SMILES string of the molecule is CC(C)O/N=C/c1ccccc1-c1ccccn1. The summed E-state index contributed by atoms with van der Waals surface area (Å²) in [5.74, 6) is 0. The van der Waals surface area contributed by atoms with Gasteiger partial charge in [-0.15, -0.1) is 0 Å². The first-order valence-corrected chi connectivity index (χ1v) is 5.97. The van der Waals surface area contributed by atoms with Gasteiger partial charge in [-0.05, 0) is 26.0 Å². The van der Waals surface area contributed by atoms with E-state index in [-0.39, 0.29) is 6.10 Å². The first-order chi connectivity index (χ1) is 8.77. The highest BCUT2D eigenvalue weighted by molar-refractivity contribution is 5.89. The lowest BCUT2D eigenvalue weighted by molar-refractivity contribution is 0.0874. The fourth-order valence-corrected chi connectivity index (χ4v) is 1.57. The molecule has 0 saturated carbocycles. The van der Waals surface area contributed by atoms with Gasteiger partial charge < -0.3 is 4.84 Å². The largest absolute Gasteiger partial charge is 0.393 e. The summed E-state index contributed by atoms with van der Waals surface area (Å²) < 4.78 is 0. The van der Waals surface area contributed by atoms with E-state index in [0.29, 0.717) is 0 Å². The second-order valence-electron chi connectivity index (χ2n) is 4.19. The van der Waals surface area contributed by atoms with Crippen molar-refractivity contribution in [2.24, 2.45) is 5.16 Å². The third kappa shape index (κ3) is 3.17. The number of pyridine rings is 1. The number of aromatic nitrogens is 1. The summed E-state index contributed by atoms with van der Waals surface area (Å²) >= 11 is 0. The van der Waals surface area contributed by atoms with Crippen LogP contribution in [-0.4, -0.2) is 17.3 Å². The first kappa shape index (κ1) is 12.3. The van der Waals surface area contributed by atoms with Gasteiger partial charge in [-0.2, -0.15) is 0 Å². The molecule has 0 unspecified atom stereocenters. The number of oxime groups is 1. The highest BCUT2D eigenvalue weighted by Crippen LogP contribution is 2.19. The number of hydrogen-bond donors (Lipinski definition) is 0. The van der Waals surface area contributed by atoms with E-state index in [2.05, 4.69) is 10.1 Å². The minimum absolute atomic E-state index is 0.0864. The van der Waals surface area contributed by atoms with E-state index in [1.54, 1.807) is 12.4 Å². The van der Waals surface area contributed by atoms with E-state index in [1.807, 2.05) is 56.3 Å². The highest BCUT2D eigenvalue weighted by atomic mass is 16.6. The zero-order valence-electron chi connectivity index (χ0n) is 10.6. The zero-order valence-corrected chi connectivity index (χ0v) is 10.6. The molecule has 0 fully saturated rings. The normalized spacial score (nSPS) is 11.1. The summed E-state index contributed by atoms with van der Waals surface area (Å²) in [6.07, 6.45) is 3.60. The summed E-state index contributed by atoms with van der Waals surface area (Å²) in [6.45, 7) is 3.89. The maximum atomic E-state index is 5.19. The van der Waals surface area contributed by atoms with Gasteiger partial charge in [0.1, 0.15) is 6.10 Å². The monoisotopic (exact) mass is 240 g/mol. The molecular weight excluding hydrogens is 224 g/mol. The molecule has 2 aromatic rings. The number of hydrogen-bond acceptors (Lipinski definition) is 3. The van der Waals surface area contributed by atoms with Gasteiger partial charge >= 0.3 is 0 Å². The molecule has 0 N–H and O–H groups in total. The molecule has 0 aliphatic rings. The standard InChI is InChI=1S/C15H16N2O/c1-12(2)18-17-11-13-7-3-4-8-14(13)15-9-5-6-10-16-15/h3-12H,1-2H3/b17-11+. The van der Waals surface area contributed by atoms with Crippen molar-refractivity contribution >= 4 is 6.21 Å². The lowest BCUT2D eigenvalue weighted by Gasteiger charge is -2.05. The van der Waals surface area contributed by atoms with Crippen LogP contribution in [-0.2, 0) is 4.84 Å². The van der Waals surface area contributed by atoms with Crippen LogP contribution in [0.1, 0.15) is 19.4 Å². The molecular formula is C15H16N2O. The van der Waals surface area contributed by atoms with E-state index in [4.69, 9.17) is 4.84 Å². The molecule has 0 atom stereocenters. The Labute approximate surface area is 107 Å². The molecule has 1 heterocycles. The van der Waals surface area contributed by atoms with Crippen molar-refractivity contribution in [1.29, 1.82) is 0 Å². The van der Waals surface area contributed by atoms with Gasteiger partial charge in [-0.3, -0.25) is 4.98 Å². The van der Waals surface area contributed by atoms with Crippen LogP contribution in [0.4, 0.5) is 0 Å². The number of nitrogens with zero attached hydrogens (tertiary/aromatic N) is 2. The van der Waals surface area contributed by atoms with Gasteiger partial charge in [-0.1, -0.05) is 35.5 Å². The molecule has 1 aromatic heterocycles. The molecule has 18 heavy (non-hydrogen) atoms. The van der Waals surface area contributed by atoms with Gasteiger partial charge in [-0.25, -0.2) is 0 Å². The van der Waals surface area contributed by atoms with Crippen LogP contribution in [0.2, 0.25) is 0 Å². The van der Waals surface area contributed by atoms with E-state index in [0.717, 1.165) is 16.8 Å². The fraction of sp³-hybridized carbons (Fsp3) is 0.200. The summed E-state index contributed by atoms with van der Waals surface area (Å²) in [6, 6.07) is 13.9. The fourth-order valence-electron chi connectivity index (χ4n) is 1.57. The van der Waals surface area contributed by atoms with Crippen molar-refractivity contribution in [1.82, 2.24) is 4.98 Å². The van der Waals surface area contributed by atoms with Crippen molar-refractivity contribution in [3.63, 3.8) is 0 Å². The molecule has 0 amide bonds. The topological polar surface area (TPSA) is 34.5 Å². The lowest BCUT2D eigenvalue weighted by Crippen LogP contribution is -1.97. The van der Waals surface area contributed by atoms with Gasteiger partial charge in [0.15, 0.2) is 0 Å². The van der Waals surface area contributed by atoms with E-state index >= 15 is 0 Å². The maximum Gasteiger partial charge on any atom is 0.122 e. The van der Waals surface area contributed by atoms with Gasteiger partial charge in [0.2, 0.25) is 0 Å². The molecule has 3 heteroatoms. The predicted molar refractivity (Wildman–Crippen MR) is 73.5 cm³/mol. The molecule has 0 spiro atoms. The van der Waals surface area contributed by atoms with Crippen molar-refractivity contribution < 1.29 is 4.84 Å². The number of benzene rings is 1. The Balaban J connectivity index is 2.29. The van der Waals surface area contributed by atoms with Gasteiger partial charge in [0, 0.05) is 17.3 Å². The molecule has 0 aliphatic carbocycles. The highest BCUT2D eigenvalue weighted by Gasteiger charge is 2.03. The van der Waals surface area contributed by atoms with Crippen LogP contribution in [0.25, 0.3) is 11.3 Å². The van der Waals surface area contributed by atoms with Gasteiger partial charge in [0.25, 0.3) is 0 Å². The number of rotatable bonds is 4. The van der Waals surface area contributed by atoms with Crippen LogP contribution in [0.5, 0.6) is 0 Å². The Kier molecular flexibility index (Phi) is 4.07. The summed E-state index contributed by atoms with van der Waals surface area (Å²) in [5.41, 5.74) is 2.98. The maximum absolute atomic E-state index is 5.19. The second-order valence-corrected chi connectivity index (χ2v) is 4.19. The van der Waals surface area contributed by atoms with E-state index < -0.39 is 0 Å². The lowest BCUT2D eigenvalue weighted by atomic mass is 10.1. The molecule has 92 valence electrons. The van der Waals surface area contributed by atoms with Crippen molar-refractivity contribution in [2.75, 3.05) is 0 Å². The molecule has 0 bridgehead atoms. The summed E-state index contributed by atoms with van der Waals surface area (Å²) in [7, 11) is 0. The second kappa shape index (κ2) is 5.96.